The van der Waals surface area contributed by atoms with Crippen LogP contribution in [0, 0.1) is 13.8 Å². The van der Waals surface area contributed by atoms with Crippen LogP contribution in [0.15, 0.2) is 53.7 Å². The molecule has 4 nitrogen and oxygen atoms in total. The number of nitrogens with zero attached hydrogens (tertiary/aromatic N) is 2. The minimum absolute atomic E-state index is 0.0424. The van der Waals surface area contributed by atoms with Crippen LogP contribution in [-0.4, -0.2) is 21.2 Å². The first-order valence-corrected chi connectivity index (χ1v) is 9.75. The maximum absolute atomic E-state index is 12.6. The summed E-state index contributed by atoms with van der Waals surface area (Å²) in [4.78, 5) is 17.4. The van der Waals surface area contributed by atoms with Crippen LogP contribution in [0.25, 0.3) is 11.3 Å². The molecule has 2 heterocycles. The molecule has 0 atom stereocenters. The predicted molar refractivity (Wildman–Crippen MR) is 105 cm³/mol. The third-order valence-corrected chi connectivity index (χ3v) is 5.67. The molecule has 0 unspecified atom stereocenters. The van der Waals surface area contributed by atoms with E-state index in [-0.39, 0.29) is 5.91 Å². The van der Waals surface area contributed by atoms with Gasteiger partial charge in [-0.25, -0.2) is 4.98 Å². The van der Waals surface area contributed by atoms with Crippen molar-refractivity contribution in [2.24, 2.45) is 0 Å². The molecular formula is C21H21N3OS. The van der Waals surface area contributed by atoms with Crippen molar-refractivity contribution in [3.8, 4) is 11.3 Å². The third kappa shape index (κ3) is 3.15. The minimum atomic E-state index is -0.0424. The first-order valence-electron chi connectivity index (χ1n) is 8.76. The van der Waals surface area contributed by atoms with Crippen LogP contribution in [-0.2, 0) is 13.1 Å². The summed E-state index contributed by atoms with van der Waals surface area (Å²) in [6, 6.07) is 16.1. The van der Waals surface area contributed by atoms with Gasteiger partial charge in [-0.3, -0.25) is 4.79 Å². The van der Waals surface area contributed by atoms with Crippen LogP contribution >= 0.6 is 11.8 Å². The van der Waals surface area contributed by atoms with Gasteiger partial charge in [0.2, 0.25) is 0 Å². The molecule has 0 saturated heterocycles. The summed E-state index contributed by atoms with van der Waals surface area (Å²) in [5.41, 5.74) is 6.08. The van der Waals surface area contributed by atoms with E-state index in [9.17, 15) is 4.79 Å². The van der Waals surface area contributed by atoms with Gasteiger partial charge in [0.25, 0.3) is 5.91 Å². The number of hydrogen-bond acceptors (Lipinski definition) is 3. The molecule has 5 heteroatoms. The number of imidazole rings is 1. The first kappa shape index (κ1) is 16.9. The lowest BCUT2D eigenvalue weighted by Crippen LogP contribution is -2.25. The molecule has 4 rings (SSSR count). The highest BCUT2D eigenvalue weighted by molar-refractivity contribution is 7.99. The van der Waals surface area contributed by atoms with Crippen molar-refractivity contribution in [2.75, 3.05) is 5.75 Å². The normalized spacial score (nSPS) is 12.8. The smallest absolute Gasteiger partial charge is 0.251 e. The summed E-state index contributed by atoms with van der Waals surface area (Å²) in [5.74, 6) is 0.995. The largest absolute Gasteiger partial charge is 0.346 e. The molecule has 0 radical (unpaired) electrons. The summed E-state index contributed by atoms with van der Waals surface area (Å²) in [6.45, 7) is 5.45. The molecule has 2 aromatic carbocycles. The van der Waals surface area contributed by atoms with E-state index in [4.69, 9.17) is 4.98 Å². The monoisotopic (exact) mass is 363 g/mol. The highest BCUT2D eigenvalue weighted by atomic mass is 32.2. The molecule has 0 aliphatic carbocycles. The van der Waals surface area contributed by atoms with E-state index in [1.807, 2.05) is 31.2 Å². The summed E-state index contributed by atoms with van der Waals surface area (Å²) in [5, 5.41) is 4.13. The molecule has 1 aliphatic heterocycles. The number of thioether (sulfide) groups is 1. The molecular weight excluding hydrogens is 342 g/mol. The van der Waals surface area contributed by atoms with Gasteiger partial charge in [-0.1, -0.05) is 59.8 Å². The average Bonchev–Trinajstić information content (AvgIpc) is 3.22. The maximum atomic E-state index is 12.6. The lowest BCUT2D eigenvalue weighted by molar-refractivity contribution is 0.0949. The highest BCUT2D eigenvalue weighted by Crippen LogP contribution is 2.33. The molecule has 1 aliphatic rings. The number of rotatable bonds is 4. The van der Waals surface area contributed by atoms with Crippen LogP contribution in [0.2, 0.25) is 0 Å². The van der Waals surface area contributed by atoms with E-state index >= 15 is 0 Å². The highest BCUT2D eigenvalue weighted by Gasteiger charge is 2.23. The zero-order valence-corrected chi connectivity index (χ0v) is 15.8. The Morgan fingerprint density at radius 2 is 1.92 bits per heavy atom. The van der Waals surface area contributed by atoms with Gasteiger partial charge < -0.3 is 9.88 Å². The van der Waals surface area contributed by atoms with Crippen molar-refractivity contribution >= 4 is 17.7 Å². The zero-order valence-electron chi connectivity index (χ0n) is 15.0. The van der Waals surface area contributed by atoms with Crippen molar-refractivity contribution in [3.05, 3.63) is 70.9 Å². The topological polar surface area (TPSA) is 46.9 Å². The molecule has 3 aromatic rings. The van der Waals surface area contributed by atoms with Crippen molar-refractivity contribution in [1.29, 1.82) is 0 Å². The third-order valence-electron chi connectivity index (χ3n) is 4.71. The molecule has 26 heavy (non-hydrogen) atoms. The van der Waals surface area contributed by atoms with Crippen LogP contribution in [0.5, 0.6) is 0 Å². The first-order chi connectivity index (χ1) is 12.6. The lowest BCUT2D eigenvalue weighted by Gasteiger charge is -2.11. The van der Waals surface area contributed by atoms with Crippen molar-refractivity contribution in [2.45, 2.75) is 32.1 Å². The average molecular weight is 363 g/mol. The lowest BCUT2D eigenvalue weighted by atomic mass is 10.1. The van der Waals surface area contributed by atoms with Crippen LogP contribution in [0.4, 0.5) is 0 Å². The zero-order chi connectivity index (χ0) is 18.1. The van der Waals surface area contributed by atoms with E-state index < -0.39 is 0 Å². The van der Waals surface area contributed by atoms with Gasteiger partial charge in [0, 0.05) is 23.4 Å². The molecule has 0 saturated carbocycles. The fraction of sp³-hybridized carbons (Fsp3) is 0.238. The predicted octanol–water partition coefficient (Wildman–Crippen LogP) is 4.20. The number of nitrogens with one attached hydrogen (secondary N) is 1. The molecule has 0 spiro atoms. The number of carbonyl (C=O) groups is 1. The molecule has 0 fully saturated rings. The summed E-state index contributed by atoms with van der Waals surface area (Å²) >= 11 is 1.77. The van der Waals surface area contributed by atoms with E-state index in [0.717, 1.165) is 45.5 Å². The number of aromatic nitrogens is 2. The quantitative estimate of drug-likeness (QED) is 0.756. The molecule has 1 N–H and O–H groups in total. The number of hydrogen-bond donors (Lipinski definition) is 1. The van der Waals surface area contributed by atoms with Crippen LogP contribution < -0.4 is 5.32 Å². The second kappa shape index (κ2) is 7.00. The number of carbonyl (C=O) groups excluding carboxylic acids is 1. The van der Waals surface area contributed by atoms with Gasteiger partial charge in [0.1, 0.15) is 0 Å². The summed E-state index contributed by atoms with van der Waals surface area (Å²) in [7, 11) is 0. The fourth-order valence-corrected chi connectivity index (χ4v) is 4.21. The Morgan fingerprint density at radius 1 is 1.15 bits per heavy atom. The standard InChI is InChI=1S/C21H21N3OS/c1-14-7-9-16(10-8-14)19-18(24-11-12-26-21(24)23-19)13-22-20(25)17-6-4-3-5-15(17)2/h3-10H,11-13H2,1-2H3,(H,22,25). The second-order valence-electron chi connectivity index (χ2n) is 6.55. The Bertz CT molecular complexity index is 960. The number of aryl methyl sites for hydroxylation is 2. The maximum Gasteiger partial charge on any atom is 0.251 e. The Labute approximate surface area is 157 Å². The SMILES string of the molecule is Cc1ccc(-c2nc3n(c2CNC(=O)c2ccccc2C)CCS3)cc1. The van der Waals surface area contributed by atoms with E-state index in [2.05, 4.69) is 41.1 Å². The van der Waals surface area contributed by atoms with Gasteiger partial charge in [0.05, 0.1) is 17.9 Å². The van der Waals surface area contributed by atoms with Gasteiger partial charge in [0.15, 0.2) is 5.16 Å². The van der Waals surface area contributed by atoms with Gasteiger partial charge in [-0.2, -0.15) is 0 Å². The van der Waals surface area contributed by atoms with Gasteiger partial charge in [-0.15, -0.1) is 0 Å². The molecule has 132 valence electrons. The van der Waals surface area contributed by atoms with E-state index in [1.165, 1.54) is 5.56 Å². The van der Waals surface area contributed by atoms with Gasteiger partial charge in [-0.05, 0) is 25.5 Å². The van der Waals surface area contributed by atoms with Crippen molar-refractivity contribution in [1.82, 2.24) is 14.9 Å². The Morgan fingerprint density at radius 3 is 2.69 bits per heavy atom. The molecule has 0 bridgehead atoms. The number of amides is 1. The molecule has 1 aromatic heterocycles. The van der Waals surface area contributed by atoms with Crippen LogP contribution in [0.1, 0.15) is 27.2 Å². The van der Waals surface area contributed by atoms with E-state index in [1.54, 1.807) is 11.8 Å². The van der Waals surface area contributed by atoms with Crippen molar-refractivity contribution in [3.63, 3.8) is 0 Å². The summed E-state index contributed by atoms with van der Waals surface area (Å²) in [6.07, 6.45) is 0. The minimum Gasteiger partial charge on any atom is -0.346 e. The fourth-order valence-electron chi connectivity index (χ4n) is 3.24. The second-order valence-corrected chi connectivity index (χ2v) is 7.62. The Hall–Kier alpha value is -2.53. The number of benzene rings is 2. The number of fused-ring (bicyclic) bond motifs is 1. The molecule has 1 amide bonds. The van der Waals surface area contributed by atoms with E-state index in [0.29, 0.717) is 6.54 Å². The Kier molecular flexibility index (Phi) is 4.55. The van der Waals surface area contributed by atoms with Gasteiger partial charge >= 0.3 is 0 Å². The Balaban J connectivity index is 1.63. The van der Waals surface area contributed by atoms with Crippen molar-refractivity contribution < 1.29 is 4.79 Å². The summed E-state index contributed by atoms with van der Waals surface area (Å²) < 4.78 is 2.23. The van der Waals surface area contributed by atoms with Crippen LogP contribution in [0.3, 0.4) is 0 Å².